The molecule has 0 radical (unpaired) electrons. The molecule has 1 atom stereocenters. The zero-order chi connectivity index (χ0) is 19.0. The minimum Gasteiger partial charge on any atom is -0.404 e. The fourth-order valence-electron chi connectivity index (χ4n) is 3.56. The maximum Gasteiger partial charge on any atom is 0.127 e. The Balaban J connectivity index is 2.43. The molecule has 0 aliphatic heterocycles. The van der Waals surface area contributed by atoms with Gasteiger partial charge in [0.1, 0.15) is 5.82 Å². The molecule has 0 aromatic carbocycles. The molecule has 138 valence electrons. The first-order valence-electron chi connectivity index (χ1n) is 9.39. The number of nitrogens with zero attached hydrogens (tertiary/aromatic N) is 1. The Morgan fingerprint density at radius 3 is 2.77 bits per heavy atom. The predicted molar refractivity (Wildman–Crippen MR) is 114 cm³/mol. The summed E-state index contributed by atoms with van der Waals surface area (Å²) in [6, 6.07) is 0. The van der Waals surface area contributed by atoms with Gasteiger partial charge in [-0.1, -0.05) is 56.4 Å². The minimum absolute atomic E-state index is 0.138. The summed E-state index contributed by atoms with van der Waals surface area (Å²) >= 11 is 0. The highest BCUT2D eigenvalue weighted by Gasteiger charge is 2.30. The summed E-state index contributed by atoms with van der Waals surface area (Å²) in [7, 11) is 0. The van der Waals surface area contributed by atoms with E-state index < -0.39 is 0 Å². The Hall–Kier alpha value is -2.55. The van der Waals surface area contributed by atoms with Crippen molar-refractivity contribution in [1.82, 2.24) is 4.98 Å². The molecule has 1 unspecified atom stereocenters. The first-order chi connectivity index (χ1) is 12.6. The zero-order valence-electron chi connectivity index (χ0n) is 16.0. The maximum absolute atomic E-state index is 6.33. The number of nitrogens with two attached hydrogens (primary N) is 2. The average molecular weight is 350 g/mol. The van der Waals surface area contributed by atoms with Crippen molar-refractivity contribution in [2.45, 2.75) is 51.4 Å². The van der Waals surface area contributed by atoms with Crippen molar-refractivity contribution in [3.8, 4) is 0 Å². The van der Waals surface area contributed by atoms with E-state index in [0.29, 0.717) is 5.82 Å². The minimum atomic E-state index is -0.138. The molecule has 0 bridgehead atoms. The van der Waals surface area contributed by atoms with Gasteiger partial charge in [0, 0.05) is 28.9 Å². The second kappa shape index (κ2) is 9.23. The lowest BCUT2D eigenvalue weighted by atomic mass is 9.74. The largest absolute Gasteiger partial charge is 0.404 e. The molecule has 1 aromatic heterocycles. The van der Waals surface area contributed by atoms with Crippen LogP contribution in [-0.4, -0.2) is 4.98 Å². The quantitative estimate of drug-likeness (QED) is 0.384. The van der Waals surface area contributed by atoms with E-state index in [9.17, 15) is 0 Å². The molecule has 4 N–H and O–H groups in total. The number of rotatable bonds is 8. The van der Waals surface area contributed by atoms with Crippen molar-refractivity contribution < 1.29 is 0 Å². The fourth-order valence-corrected chi connectivity index (χ4v) is 3.56. The SMILES string of the molecule is C=CCCC/C=C\C(=C/N)c1cnc(N)c(C2(C)C=CC=CC2)c1CC. The lowest BCUT2D eigenvalue weighted by Crippen LogP contribution is -2.24. The van der Waals surface area contributed by atoms with Gasteiger partial charge < -0.3 is 11.5 Å². The number of hydrogen-bond donors (Lipinski definition) is 2. The van der Waals surface area contributed by atoms with Gasteiger partial charge in [0.25, 0.3) is 0 Å². The predicted octanol–water partition coefficient (Wildman–Crippen LogP) is 5.21. The number of aromatic nitrogens is 1. The third kappa shape index (κ3) is 4.34. The van der Waals surface area contributed by atoms with Gasteiger partial charge >= 0.3 is 0 Å². The number of anilines is 1. The smallest absolute Gasteiger partial charge is 0.127 e. The van der Waals surface area contributed by atoms with Crippen LogP contribution < -0.4 is 11.5 Å². The summed E-state index contributed by atoms with van der Waals surface area (Å²) in [6.07, 6.45) is 23.2. The van der Waals surface area contributed by atoms with Crippen LogP contribution in [0.5, 0.6) is 0 Å². The van der Waals surface area contributed by atoms with E-state index >= 15 is 0 Å². The second-order valence-electron chi connectivity index (χ2n) is 6.92. The molecule has 0 saturated heterocycles. The van der Waals surface area contributed by atoms with Gasteiger partial charge in [0.15, 0.2) is 0 Å². The van der Waals surface area contributed by atoms with E-state index in [1.54, 1.807) is 6.20 Å². The third-order valence-corrected chi connectivity index (χ3v) is 4.96. The summed E-state index contributed by atoms with van der Waals surface area (Å²) in [6.45, 7) is 8.15. The van der Waals surface area contributed by atoms with Crippen LogP contribution in [0.4, 0.5) is 5.82 Å². The number of allylic oxidation sites excluding steroid dienone is 8. The molecule has 1 aromatic rings. The van der Waals surface area contributed by atoms with Gasteiger partial charge in [0.05, 0.1) is 0 Å². The van der Waals surface area contributed by atoms with Crippen LogP contribution in [0.1, 0.15) is 56.2 Å². The van der Waals surface area contributed by atoms with Gasteiger partial charge in [-0.3, -0.25) is 0 Å². The van der Waals surface area contributed by atoms with Crippen LogP contribution in [0.15, 0.2) is 61.5 Å². The van der Waals surface area contributed by atoms with E-state index in [1.165, 1.54) is 5.56 Å². The first kappa shape index (κ1) is 19.8. The highest BCUT2D eigenvalue weighted by Crippen LogP contribution is 2.39. The number of nitrogen functional groups attached to an aromatic ring is 1. The molecular formula is C23H31N3. The van der Waals surface area contributed by atoms with Crippen molar-refractivity contribution in [3.63, 3.8) is 0 Å². The number of pyridine rings is 1. The standard InChI is InChI=1S/C23H31N3/c1-4-6-7-8-10-13-18(16-24)20-17-26-22(25)21(19(20)5-2)23(3)14-11-9-12-15-23/h4,9-14,16-17H,1,5-8,15,24H2,2-3H3,(H2,25,26)/b13-10-,18-16+. The zero-order valence-corrected chi connectivity index (χ0v) is 16.0. The fraction of sp³-hybridized carbons (Fsp3) is 0.348. The van der Waals surface area contributed by atoms with Crippen molar-refractivity contribution in [1.29, 1.82) is 0 Å². The molecule has 26 heavy (non-hydrogen) atoms. The van der Waals surface area contributed by atoms with Gasteiger partial charge in [-0.25, -0.2) is 4.98 Å². The van der Waals surface area contributed by atoms with E-state index in [4.69, 9.17) is 11.5 Å². The second-order valence-corrected chi connectivity index (χ2v) is 6.92. The molecule has 3 nitrogen and oxygen atoms in total. The maximum atomic E-state index is 6.33. The van der Waals surface area contributed by atoms with E-state index in [-0.39, 0.29) is 5.41 Å². The number of hydrogen-bond acceptors (Lipinski definition) is 3. The number of unbranched alkanes of at least 4 members (excludes halogenated alkanes) is 2. The van der Waals surface area contributed by atoms with E-state index in [2.05, 4.69) is 61.9 Å². The molecule has 3 heteroatoms. The molecule has 2 rings (SSSR count). The Kier molecular flexibility index (Phi) is 7.02. The van der Waals surface area contributed by atoms with E-state index in [0.717, 1.165) is 48.8 Å². The van der Waals surface area contributed by atoms with Crippen molar-refractivity contribution >= 4 is 11.4 Å². The van der Waals surface area contributed by atoms with Crippen LogP contribution >= 0.6 is 0 Å². The van der Waals surface area contributed by atoms with Crippen molar-refractivity contribution in [2.75, 3.05) is 5.73 Å². The van der Waals surface area contributed by atoms with Crippen molar-refractivity contribution in [2.24, 2.45) is 5.73 Å². The average Bonchev–Trinajstić information content (AvgIpc) is 2.65. The van der Waals surface area contributed by atoms with Crippen LogP contribution in [0.2, 0.25) is 0 Å². The van der Waals surface area contributed by atoms with Crippen LogP contribution in [0, 0.1) is 0 Å². The lowest BCUT2D eigenvalue weighted by molar-refractivity contribution is 0.592. The van der Waals surface area contributed by atoms with Gasteiger partial charge in [-0.05, 0) is 43.2 Å². The molecule has 0 amide bonds. The molecule has 1 aliphatic rings. The Labute approximate surface area is 157 Å². The summed E-state index contributed by atoms with van der Waals surface area (Å²) in [5.41, 5.74) is 16.6. The van der Waals surface area contributed by atoms with Gasteiger partial charge in [-0.15, -0.1) is 6.58 Å². The monoisotopic (exact) mass is 349 g/mol. The molecule has 1 aliphatic carbocycles. The Morgan fingerprint density at radius 2 is 2.15 bits per heavy atom. The molecule has 0 fully saturated rings. The normalized spacial score (nSPS) is 20.0. The first-order valence-corrected chi connectivity index (χ1v) is 9.39. The van der Waals surface area contributed by atoms with Gasteiger partial charge in [0.2, 0.25) is 0 Å². The summed E-state index contributed by atoms with van der Waals surface area (Å²) < 4.78 is 0. The third-order valence-electron chi connectivity index (χ3n) is 4.96. The summed E-state index contributed by atoms with van der Waals surface area (Å²) in [5, 5.41) is 0. The highest BCUT2D eigenvalue weighted by atomic mass is 14.8. The Morgan fingerprint density at radius 1 is 1.35 bits per heavy atom. The highest BCUT2D eigenvalue weighted by molar-refractivity contribution is 5.77. The Bertz CT molecular complexity index is 753. The molecule has 1 heterocycles. The topological polar surface area (TPSA) is 64.9 Å². The lowest BCUT2D eigenvalue weighted by Gasteiger charge is -2.31. The van der Waals surface area contributed by atoms with E-state index in [1.807, 2.05) is 12.3 Å². The molecular weight excluding hydrogens is 318 g/mol. The molecule has 0 saturated carbocycles. The summed E-state index contributed by atoms with van der Waals surface area (Å²) in [5.74, 6) is 0.611. The van der Waals surface area contributed by atoms with Crippen LogP contribution in [-0.2, 0) is 11.8 Å². The van der Waals surface area contributed by atoms with Gasteiger partial charge in [-0.2, -0.15) is 0 Å². The van der Waals surface area contributed by atoms with Crippen molar-refractivity contribution in [3.05, 3.63) is 78.2 Å². The molecule has 0 spiro atoms. The summed E-state index contributed by atoms with van der Waals surface area (Å²) in [4.78, 5) is 4.51. The van der Waals surface area contributed by atoms with Crippen LogP contribution in [0.25, 0.3) is 5.57 Å². The van der Waals surface area contributed by atoms with Crippen LogP contribution in [0.3, 0.4) is 0 Å².